The van der Waals surface area contributed by atoms with E-state index in [1.165, 1.54) is 6.07 Å². The van der Waals surface area contributed by atoms with Crippen LogP contribution in [0.1, 0.15) is 32.8 Å². The second-order valence-electron chi connectivity index (χ2n) is 5.48. The topological polar surface area (TPSA) is 104 Å². The van der Waals surface area contributed by atoms with Crippen molar-refractivity contribution in [2.75, 3.05) is 11.9 Å². The first-order valence-corrected chi connectivity index (χ1v) is 7.33. The van der Waals surface area contributed by atoms with E-state index in [-0.39, 0.29) is 11.6 Å². The fourth-order valence-corrected chi connectivity index (χ4v) is 2.22. The van der Waals surface area contributed by atoms with Gasteiger partial charge < -0.3 is 15.7 Å². The zero-order valence-corrected chi connectivity index (χ0v) is 13.1. The molecule has 22 heavy (non-hydrogen) atoms. The van der Waals surface area contributed by atoms with Gasteiger partial charge >= 0.3 is 6.03 Å². The van der Waals surface area contributed by atoms with Gasteiger partial charge in [-0.3, -0.25) is 10.1 Å². The Balaban J connectivity index is 2.61. The van der Waals surface area contributed by atoms with Crippen molar-refractivity contribution in [1.29, 1.82) is 0 Å². The molecule has 2 amide bonds. The molecule has 0 spiro atoms. The number of carbonyl (C=O) groups excluding carboxylic acids is 1. The minimum Gasteiger partial charge on any atom is -0.393 e. The molecule has 122 valence electrons. The summed E-state index contributed by atoms with van der Waals surface area (Å²) in [4.78, 5) is 22.3. The summed E-state index contributed by atoms with van der Waals surface area (Å²) in [5.41, 5.74) is 1.01. The van der Waals surface area contributed by atoms with E-state index in [0.717, 1.165) is 0 Å². The number of aryl methyl sites for hydroxylation is 1. The first-order valence-electron chi connectivity index (χ1n) is 7.33. The van der Waals surface area contributed by atoms with Crippen molar-refractivity contribution >= 4 is 17.4 Å². The van der Waals surface area contributed by atoms with Crippen molar-refractivity contribution in [2.45, 2.75) is 39.7 Å². The summed E-state index contributed by atoms with van der Waals surface area (Å²) in [7, 11) is 0. The van der Waals surface area contributed by atoms with Crippen LogP contribution in [-0.4, -0.2) is 28.7 Å². The predicted octanol–water partition coefficient (Wildman–Crippen LogP) is 2.69. The van der Waals surface area contributed by atoms with Crippen molar-refractivity contribution in [3.63, 3.8) is 0 Å². The van der Waals surface area contributed by atoms with E-state index in [1.54, 1.807) is 19.1 Å². The van der Waals surface area contributed by atoms with Gasteiger partial charge in [0.2, 0.25) is 0 Å². The lowest BCUT2D eigenvalue weighted by molar-refractivity contribution is -0.385. The molecule has 0 radical (unpaired) electrons. The van der Waals surface area contributed by atoms with Gasteiger partial charge in [0.25, 0.3) is 5.69 Å². The monoisotopic (exact) mass is 309 g/mol. The number of nitro groups is 1. The molecule has 0 aliphatic carbocycles. The van der Waals surface area contributed by atoms with Crippen LogP contribution in [0.3, 0.4) is 0 Å². The lowest BCUT2D eigenvalue weighted by Crippen LogP contribution is -2.33. The Hall–Kier alpha value is -2.15. The maximum atomic E-state index is 11.8. The molecule has 2 atom stereocenters. The van der Waals surface area contributed by atoms with E-state index in [0.29, 0.717) is 30.6 Å². The molecule has 0 saturated heterocycles. The van der Waals surface area contributed by atoms with Gasteiger partial charge in [0.05, 0.1) is 11.0 Å². The van der Waals surface area contributed by atoms with Crippen molar-refractivity contribution in [3.05, 3.63) is 33.9 Å². The summed E-state index contributed by atoms with van der Waals surface area (Å²) in [6.45, 7) is 5.89. The highest BCUT2D eigenvalue weighted by atomic mass is 16.6. The molecule has 3 N–H and O–H groups in total. The third-order valence-corrected chi connectivity index (χ3v) is 3.28. The Morgan fingerprint density at radius 1 is 1.41 bits per heavy atom. The highest BCUT2D eigenvalue weighted by Gasteiger charge is 2.14. The third-order valence-electron chi connectivity index (χ3n) is 3.28. The second-order valence-corrected chi connectivity index (χ2v) is 5.48. The highest BCUT2D eigenvalue weighted by molar-refractivity contribution is 5.89. The first kappa shape index (κ1) is 17.9. The second kappa shape index (κ2) is 8.33. The SMILES string of the molecule is CCc1ccc(NC(=O)NC[C@H](C)C[C@H](C)O)cc1[N+](=O)[O-]. The molecular formula is C15H23N3O4. The van der Waals surface area contributed by atoms with Gasteiger partial charge in [-0.2, -0.15) is 0 Å². The Morgan fingerprint density at radius 3 is 2.64 bits per heavy atom. The first-order chi connectivity index (χ1) is 10.3. The van der Waals surface area contributed by atoms with Gasteiger partial charge in [0.1, 0.15) is 0 Å². The number of urea groups is 1. The van der Waals surface area contributed by atoms with Gasteiger partial charge in [0, 0.05) is 23.9 Å². The van der Waals surface area contributed by atoms with Crippen molar-refractivity contribution in [3.8, 4) is 0 Å². The smallest absolute Gasteiger partial charge is 0.319 e. The molecule has 0 fully saturated rings. The molecule has 0 aliphatic rings. The number of nitro benzene ring substituents is 1. The minimum atomic E-state index is -0.452. The summed E-state index contributed by atoms with van der Waals surface area (Å²) in [6.07, 6.45) is 0.737. The van der Waals surface area contributed by atoms with Crippen LogP contribution in [-0.2, 0) is 6.42 Å². The lowest BCUT2D eigenvalue weighted by Gasteiger charge is -2.14. The number of hydrogen-bond donors (Lipinski definition) is 3. The normalized spacial score (nSPS) is 13.3. The third kappa shape index (κ3) is 5.69. The lowest BCUT2D eigenvalue weighted by atomic mass is 10.1. The van der Waals surface area contributed by atoms with Crippen LogP contribution in [0.2, 0.25) is 0 Å². The van der Waals surface area contributed by atoms with Gasteiger partial charge in [0.15, 0.2) is 0 Å². The van der Waals surface area contributed by atoms with Crippen molar-refractivity contribution in [2.24, 2.45) is 5.92 Å². The Kier molecular flexibility index (Phi) is 6.78. The van der Waals surface area contributed by atoms with Crippen molar-refractivity contribution in [1.82, 2.24) is 5.32 Å². The molecule has 1 aromatic rings. The Bertz CT molecular complexity index is 532. The number of benzene rings is 1. The number of carbonyl (C=O) groups is 1. The number of anilines is 1. The van der Waals surface area contributed by atoms with Gasteiger partial charge in [-0.1, -0.05) is 19.9 Å². The highest BCUT2D eigenvalue weighted by Crippen LogP contribution is 2.23. The van der Waals surface area contributed by atoms with Gasteiger partial charge in [-0.05, 0) is 31.7 Å². The molecule has 7 nitrogen and oxygen atoms in total. The number of aliphatic hydroxyl groups is 1. The fourth-order valence-electron chi connectivity index (χ4n) is 2.22. The average molecular weight is 309 g/mol. The minimum absolute atomic E-state index is 0.00257. The number of hydrogen-bond acceptors (Lipinski definition) is 4. The van der Waals surface area contributed by atoms with Gasteiger partial charge in [-0.15, -0.1) is 0 Å². The summed E-state index contributed by atoms with van der Waals surface area (Å²) >= 11 is 0. The number of nitrogens with zero attached hydrogens (tertiary/aromatic N) is 1. The van der Waals surface area contributed by atoms with Crippen LogP contribution in [0.5, 0.6) is 0 Å². The van der Waals surface area contributed by atoms with E-state index in [4.69, 9.17) is 0 Å². The van der Waals surface area contributed by atoms with E-state index < -0.39 is 17.1 Å². The van der Waals surface area contributed by atoms with Crippen LogP contribution in [0.4, 0.5) is 16.2 Å². The molecule has 7 heteroatoms. The molecule has 0 saturated carbocycles. The number of amides is 2. The standard InChI is InChI=1S/C15H23N3O4/c1-4-12-5-6-13(8-14(12)18(21)22)17-15(20)16-9-10(2)7-11(3)19/h5-6,8,10-11,19H,4,7,9H2,1-3H3,(H2,16,17,20)/t10-,11+/m1/s1. The molecule has 1 rings (SSSR count). The van der Waals surface area contributed by atoms with Crippen LogP contribution in [0.25, 0.3) is 0 Å². The van der Waals surface area contributed by atoms with Crippen molar-refractivity contribution < 1.29 is 14.8 Å². The molecule has 0 unspecified atom stereocenters. The average Bonchev–Trinajstić information content (AvgIpc) is 2.44. The zero-order chi connectivity index (χ0) is 16.7. The van der Waals surface area contributed by atoms with E-state index >= 15 is 0 Å². The van der Waals surface area contributed by atoms with E-state index in [9.17, 15) is 20.0 Å². The van der Waals surface area contributed by atoms with Crippen LogP contribution < -0.4 is 10.6 Å². The molecule has 0 aromatic heterocycles. The summed E-state index contributed by atoms with van der Waals surface area (Å²) < 4.78 is 0. The molecule has 0 bridgehead atoms. The quantitative estimate of drug-likeness (QED) is 0.532. The zero-order valence-electron chi connectivity index (χ0n) is 13.1. The Morgan fingerprint density at radius 2 is 2.09 bits per heavy atom. The number of nitrogens with one attached hydrogen (secondary N) is 2. The fraction of sp³-hybridized carbons (Fsp3) is 0.533. The molecule has 1 aromatic carbocycles. The predicted molar refractivity (Wildman–Crippen MR) is 85.0 cm³/mol. The van der Waals surface area contributed by atoms with Crippen LogP contribution >= 0.6 is 0 Å². The van der Waals surface area contributed by atoms with E-state index in [1.807, 2.05) is 13.8 Å². The summed E-state index contributed by atoms with van der Waals surface area (Å²) in [5, 5.41) is 25.5. The van der Waals surface area contributed by atoms with Crippen LogP contribution in [0.15, 0.2) is 18.2 Å². The largest absolute Gasteiger partial charge is 0.393 e. The van der Waals surface area contributed by atoms with E-state index in [2.05, 4.69) is 10.6 Å². The molecular weight excluding hydrogens is 286 g/mol. The number of rotatable bonds is 7. The van der Waals surface area contributed by atoms with Crippen LogP contribution in [0, 0.1) is 16.0 Å². The van der Waals surface area contributed by atoms with Gasteiger partial charge in [-0.25, -0.2) is 4.79 Å². The summed E-state index contributed by atoms with van der Waals surface area (Å²) in [6, 6.07) is 4.22. The number of aliphatic hydroxyl groups excluding tert-OH is 1. The molecule has 0 aliphatic heterocycles. The summed E-state index contributed by atoms with van der Waals surface area (Å²) in [5.74, 6) is 0.141. The Labute approximate surface area is 129 Å². The molecule has 0 heterocycles. The maximum Gasteiger partial charge on any atom is 0.319 e. The maximum absolute atomic E-state index is 11.8.